The lowest BCUT2D eigenvalue weighted by atomic mass is 10.2. The van der Waals surface area contributed by atoms with E-state index in [2.05, 4.69) is 4.72 Å². The summed E-state index contributed by atoms with van der Waals surface area (Å²) in [6.45, 7) is 1.73. The van der Waals surface area contributed by atoms with Crippen LogP contribution in [0.2, 0.25) is 5.02 Å². The van der Waals surface area contributed by atoms with Crippen LogP contribution in [0.4, 0.5) is 0 Å². The molecule has 0 amide bonds. The fourth-order valence-corrected chi connectivity index (χ4v) is 3.28. The molecule has 1 aromatic rings. The van der Waals surface area contributed by atoms with Gasteiger partial charge in [0.15, 0.2) is 0 Å². The highest BCUT2D eigenvalue weighted by Gasteiger charge is 2.37. The third kappa shape index (κ3) is 2.38. The molecule has 1 aliphatic rings. The standard InChI is InChI=1S/C10H13ClN2O2S/c1-6-2-3-7(11)4-10(6)16(14,15)13-9-5-8(9)12/h2-4,8-9,13H,5,12H2,1H3. The second-order valence-electron chi connectivity index (χ2n) is 4.04. The van der Waals surface area contributed by atoms with Gasteiger partial charge in [0, 0.05) is 17.1 Å². The number of rotatable bonds is 3. The summed E-state index contributed by atoms with van der Waals surface area (Å²) in [4.78, 5) is 0.221. The molecule has 1 fully saturated rings. The van der Waals surface area contributed by atoms with E-state index in [1.807, 2.05) is 0 Å². The Morgan fingerprint density at radius 2 is 2.12 bits per heavy atom. The van der Waals surface area contributed by atoms with Crippen molar-refractivity contribution < 1.29 is 8.42 Å². The number of sulfonamides is 1. The summed E-state index contributed by atoms with van der Waals surface area (Å²) in [5, 5.41) is 0.408. The van der Waals surface area contributed by atoms with E-state index in [9.17, 15) is 8.42 Å². The lowest BCUT2D eigenvalue weighted by Gasteiger charge is -2.08. The first kappa shape index (κ1) is 11.9. The fourth-order valence-electron chi connectivity index (χ4n) is 1.48. The normalized spacial score (nSPS) is 24.4. The molecule has 0 spiro atoms. The summed E-state index contributed by atoms with van der Waals surface area (Å²) in [6, 6.07) is 4.60. The van der Waals surface area contributed by atoms with Crippen LogP contribution >= 0.6 is 11.6 Å². The highest BCUT2D eigenvalue weighted by molar-refractivity contribution is 7.89. The van der Waals surface area contributed by atoms with Crippen LogP contribution in [-0.4, -0.2) is 20.5 Å². The topological polar surface area (TPSA) is 72.2 Å². The summed E-state index contributed by atoms with van der Waals surface area (Å²) in [5.41, 5.74) is 6.24. The Morgan fingerprint density at radius 1 is 1.50 bits per heavy atom. The molecule has 1 aromatic carbocycles. The number of nitrogens with one attached hydrogen (secondary N) is 1. The van der Waals surface area contributed by atoms with E-state index in [1.54, 1.807) is 19.1 Å². The number of hydrogen-bond acceptors (Lipinski definition) is 3. The largest absolute Gasteiger partial charge is 0.326 e. The van der Waals surface area contributed by atoms with Crippen molar-refractivity contribution in [2.24, 2.45) is 5.73 Å². The molecule has 0 radical (unpaired) electrons. The number of benzene rings is 1. The maximum absolute atomic E-state index is 12.0. The van der Waals surface area contributed by atoms with Crippen LogP contribution in [0.25, 0.3) is 0 Å². The monoisotopic (exact) mass is 260 g/mol. The maximum Gasteiger partial charge on any atom is 0.241 e. The lowest BCUT2D eigenvalue weighted by molar-refractivity contribution is 0.579. The number of aryl methyl sites for hydroxylation is 1. The van der Waals surface area contributed by atoms with Gasteiger partial charge in [0.25, 0.3) is 0 Å². The molecule has 4 nitrogen and oxygen atoms in total. The van der Waals surface area contributed by atoms with Gasteiger partial charge < -0.3 is 5.73 Å². The summed E-state index contributed by atoms with van der Waals surface area (Å²) in [5.74, 6) is 0. The lowest BCUT2D eigenvalue weighted by Crippen LogP contribution is -2.30. The van der Waals surface area contributed by atoms with Crippen LogP contribution in [-0.2, 0) is 10.0 Å². The van der Waals surface area contributed by atoms with Crippen LogP contribution in [0, 0.1) is 6.92 Å². The van der Waals surface area contributed by atoms with Gasteiger partial charge in [-0.05, 0) is 31.0 Å². The summed E-state index contributed by atoms with van der Waals surface area (Å²) in [6.07, 6.45) is 0.693. The van der Waals surface area contributed by atoms with Crippen molar-refractivity contribution in [1.82, 2.24) is 4.72 Å². The Bertz CT molecular complexity index is 516. The zero-order chi connectivity index (χ0) is 11.9. The third-order valence-corrected chi connectivity index (χ3v) is 4.45. The van der Waals surface area contributed by atoms with Crippen molar-refractivity contribution in [3.63, 3.8) is 0 Å². The van der Waals surface area contributed by atoms with Gasteiger partial charge in [0.2, 0.25) is 10.0 Å². The molecular weight excluding hydrogens is 248 g/mol. The molecule has 1 saturated carbocycles. The van der Waals surface area contributed by atoms with Gasteiger partial charge in [-0.1, -0.05) is 17.7 Å². The van der Waals surface area contributed by atoms with Crippen LogP contribution in [0.5, 0.6) is 0 Å². The zero-order valence-electron chi connectivity index (χ0n) is 8.77. The first-order chi connectivity index (χ1) is 7.40. The van der Waals surface area contributed by atoms with Crippen LogP contribution in [0.1, 0.15) is 12.0 Å². The van der Waals surface area contributed by atoms with E-state index in [0.29, 0.717) is 17.0 Å². The van der Waals surface area contributed by atoms with Crippen molar-refractivity contribution in [3.8, 4) is 0 Å². The zero-order valence-corrected chi connectivity index (χ0v) is 10.3. The van der Waals surface area contributed by atoms with Gasteiger partial charge in [0.1, 0.15) is 0 Å². The molecule has 0 aliphatic heterocycles. The smallest absolute Gasteiger partial charge is 0.241 e. The average molecular weight is 261 g/mol. The molecule has 16 heavy (non-hydrogen) atoms. The Hall–Kier alpha value is -0.620. The highest BCUT2D eigenvalue weighted by Crippen LogP contribution is 2.24. The first-order valence-corrected chi connectivity index (χ1v) is 6.80. The molecule has 0 aromatic heterocycles. The molecule has 3 N–H and O–H groups in total. The van der Waals surface area contributed by atoms with Crippen LogP contribution < -0.4 is 10.5 Å². The minimum atomic E-state index is -3.50. The Kier molecular flexibility index (Phi) is 2.96. The molecule has 6 heteroatoms. The Labute approximate surface area is 99.8 Å². The highest BCUT2D eigenvalue weighted by atomic mass is 35.5. The summed E-state index contributed by atoms with van der Waals surface area (Å²) < 4.78 is 26.5. The van der Waals surface area contributed by atoms with Crippen molar-refractivity contribution in [2.45, 2.75) is 30.3 Å². The van der Waals surface area contributed by atoms with Gasteiger partial charge >= 0.3 is 0 Å². The SMILES string of the molecule is Cc1ccc(Cl)cc1S(=O)(=O)NC1CC1N. The van der Waals surface area contributed by atoms with Gasteiger partial charge in [-0.25, -0.2) is 13.1 Å². The van der Waals surface area contributed by atoms with E-state index >= 15 is 0 Å². The fraction of sp³-hybridized carbons (Fsp3) is 0.400. The first-order valence-electron chi connectivity index (χ1n) is 4.94. The van der Waals surface area contributed by atoms with Gasteiger partial charge in [-0.2, -0.15) is 0 Å². The van der Waals surface area contributed by atoms with E-state index in [4.69, 9.17) is 17.3 Å². The molecule has 0 heterocycles. The second kappa shape index (κ2) is 4.00. The maximum atomic E-state index is 12.0. The molecule has 2 unspecified atom stereocenters. The molecule has 88 valence electrons. The summed E-state index contributed by atoms with van der Waals surface area (Å²) >= 11 is 5.79. The molecular formula is C10H13ClN2O2S. The molecule has 2 rings (SSSR count). The van der Waals surface area contributed by atoms with Crippen molar-refractivity contribution in [3.05, 3.63) is 28.8 Å². The van der Waals surface area contributed by atoms with E-state index in [1.165, 1.54) is 6.07 Å². The minimum absolute atomic E-state index is 0.0609. The Balaban J connectivity index is 2.31. The van der Waals surface area contributed by atoms with Crippen molar-refractivity contribution in [1.29, 1.82) is 0 Å². The average Bonchev–Trinajstić information content (AvgIpc) is 2.85. The van der Waals surface area contributed by atoms with Crippen LogP contribution in [0.3, 0.4) is 0 Å². The molecule has 1 aliphatic carbocycles. The second-order valence-corrected chi connectivity index (χ2v) is 6.16. The van der Waals surface area contributed by atoms with Crippen LogP contribution in [0.15, 0.2) is 23.1 Å². The molecule has 0 bridgehead atoms. The molecule has 2 atom stereocenters. The number of hydrogen-bond donors (Lipinski definition) is 2. The van der Waals surface area contributed by atoms with Gasteiger partial charge in [-0.15, -0.1) is 0 Å². The van der Waals surface area contributed by atoms with Crippen molar-refractivity contribution >= 4 is 21.6 Å². The quantitative estimate of drug-likeness (QED) is 0.853. The summed E-state index contributed by atoms with van der Waals surface area (Å²) in [7, 11) is -3.50. The Morgan fingerprint density at radius 3 is 2.69 bits per heavy atom. The van der Waals surface area contributed by atoms with Gasteiger partial charge in [-0.3, -0.25) is 0 Å². The van der Waals surface area contributed by atoms with E-state index < -0.39 is 10.0 Å². The van der Waals surface area contributed by atoms with E-state index in [-0.39, 0.29) is 17.0 Å². The predicted molar refractivity (Wildman–Crippen MR) is 62.9 cm³/mol. The molecule has 0 saturated heterocycles. The number of nitrogens with two attached hydrogens (primary N) is 1. The predicted octanol–water partition coefficient (Wildman–Crippen LogP) is 1.03. The third-order valence-electron chi connectivity index (χ3n) is 2.59. The minimum Gasteiger partial charge on any atom is -0.326 e. The van der Waals surface area contributed by atoms with Crippen molar-refractivity contribution in [2.75, 3.05) is 0 Å². The number of halogens is 1. The van der Waals surface area contributed by atoms with E-state index in [0.717, 1.165) is 0 Å². The van der Waals surface area contributed by atoms with Gasteiger partial charge in [0.05, 0.1) is 4.90 Å².